The number of fused-ring (bicyclic) bond motifs is 1. The number of anilines is 2. The topological polar surface area (TPSA) is 62.5 Å². The molecule has 0 amide bonds. The van der Waals surface area contributed by atoms with E-state index in [4.69, 9.17) is 0 Å². The molecule has 3 aromatic rings. The van der Waals surface area contributed by atoms with Crippen molar-refractivity contribution in [1.82, 2.24) is 24.3 Å². The second-order valence-corrected chi connectivity index (χ2v) is 7.18. The third kappa shape index (κ3) is 3.02. The highest BCUT2D eigenvalue weighted by Gasteiger charge is 2.41. The van der Waals surface area contributed by atoms with Crippen LogP contribution in [-0.2, 0) is 6.18 Å². The molecule has 3 aromatic heterocycles. The van der Waals surface area contributed by atoms with Crippen molar-refractivity contribution >= 4 is 17.4 Å². The maximum atomic E-state index is 13.1. The molecule has 1 saturated heterocycles. The predicted molar refractivity (Wildman–Crippen MR) is 96.1 cm³/mol. The highest BCUT2D eigenvalue weighted by Crippen LogP contribution is 2.36. The fraction of sp³-hybridized carbons (Fsp3) is 0.444. The largest absolute Gasteiger partial charge is 0.433 e. The number of nitrogens with zero attached hydrogens (tertiary/aromatic N) is 7. The van der Waals surface area contributed by atoms with Crippen molar-refractivity contribution in [2.75, 3.05) is 22.9 Å². The van der Waals surface area contributed by atoms with Crippen molar-refractivity contribution in [3.8, 4) is 0 Å². The van der Waals surface area contributed by atoms with Crippen LogP contribution in [0.25, 0.3) is 5.65 Å². The molecule has 1 atom stereocenters. The van der Waals surface area contributed by atoms with Crippen LogP contribution in [0.5, 0.6) is 0 Å². The number of hydrogen-bond donors (Lipinski definition) is 0. The van der Waals surface area contributed by atoms with E-state index >= 15 is 0 Å². The van der Waals surface area contributed by atoms with Gasteiger partial charge in [-0.3, -0.25) is 0 Å². The van der Waals surface area contributed by atoms with E-state index in [9.17, 15) is 13.2 Å². The average molecular weight is 389 g/mol. The van der Waals surface area contributed by atoms with Crippen molar-refractivity contribution in [1.29, 1.82) is 0 Å². The Hall–Kier alpha value is -2.91. The Kier molecular flexibility index (Phi) is 3.88. The molecular weight excluding hydrogens is 371 g/mol. The maximum Gasteiger partial charge on any atom is 0.433 e. The molecule has 0 radical (unpaired) electrons. The number of aromatic nitrogens is 5. The Morgan fingerprint density at radius 3 is 2.50 bits per heavy atom. The Morgan fingerprint density at radius 2 is 1.75 bits per heavy atom. The van der Waals surface area contributed by atoms with Crippen LogP contribution in [0.4, 0.5) is 24.9 Å². The lowest BCUT2D eigenvalue weighted by Gasteiger charge is -2.29. The van der Waals surface area contributed by atoms with E-state index < -0.39 is 11.9 Å². The smallest absolute Gasteiger partial charge is 0.351 e. The van der Waals surface area contributed by atoms with E-state index in [0.29, 0.717) is 6.54 Å². The Labute approximate surface area is 158 Å². The number of imidazole rings is 1. The van der Waals surface area contributed by atoms with Gasteiger partial charge in [0.15, 0.2) is 11.5 Å². The number of hydrogen-bond acceptors (Lipinski definition) is 6. The van der Waals surface area contributed by atoms with Gasteiger partial charge in [-0.05, 0) is 25.3 Å². The highest BCUT2D eigenvalue weighted by molar-refractivity contribution is 5.64. The first-order chi connectivity index (χ1) is 13.5. The fourth-order valence-electron chi connectivity index (χ4n) is 3.83. The molecule has 28 heavy (non-hydrogen) atoms. The molecule has 4 heterocycles. The van der Waals surface area contributed by atoms with Gasteiger partial charge in [0.1, 0.15) is 5.69 Å². The van der Waals surface area contributed by atoms with Crippen molar-refractivity contribution in [2.45, 2.75) is 37.5 Å². The third-order valence-electron chi connectivity index (χ3n) is 5.25. The highest BCUT2D eigenvalue weighted by atomic mass is 19.4. The standard InChI is InChI=1S/C18H18F3N7/c19-18(20,21)14-3-5-24-17(25-14)28(12-1-2-12)13-4-8-27(11-13)16-15-22-6-9-26(15)10-7-23-16/h3,5-7,9-10,12-13H,1-2,4,8,11H2. The minimum atomic E-state index is -4.48. The van der Waals surface area contributed by atoms with E-state index in [0.717, 1.165) is 43.3 Å². The minimum absolute atomic E-state index is 0.0352. The first-order valence-electron chi connectivity index (χ1n) is 9.22. The Morgan fingerprint density at radius 1 is 0.964 bits per heavy atom. The zero-order valence-corrected chi connectivity index (χ0v) is 14.9. The van der Waals surface area contributed by atoms with Gasteiger partial charge in [-0.1, -0.05) is 0 Å². The van der Waals surface area contributed by atoms with E-state index in [1.54, 1.807) is 12.4 Å². The molecule has 1 unspecified atom stereocenters. The summed E-state index contributed by atoms with van der Waals surface area (Å²) in [6, 6.07) is 1.15. The second-order valence-electron chi connectivity index (χ2n) is 7.18. The molecule has 1 aliphatic carbocycles. The van der Waals surface area contributed by atoms with Gasteiger partial charge in [-0.15, -0.1) is 0 Å². The zero-order chi connectivity index (χ0) is 19.3. The lowest BCUT2D eigenvalue weighted by Crippen LogP contribution is -2.41. The van der Waals surface area contributed by atoms with Crippen LogP contribution in [0, 0.1) is 0 Å². The van der Waals surface area contributed by atoms with E-state index in [1.165, 1.54) is 6.20 Å². The summed E-state index contributed by atoms with van der Waals surface area (Å²) >= 11 is 0. The summed E-state index contributed by atoms with van der Waals surface area (Å²) in [6.45, 7) is 1.40. The van der Waals surface area contributed by atoms with Crippen molar-refractivity contribution < 1.29 is 13.2 Å². The molecule has 2 aliphatic rings. The van der Waals surface area contributed by atoms with Crippen LogP contribution < -0.4 is 9.80 Å². The molecule has 0 bridgehead atoms. The van der Waals surface area contributed by atoms with Crippen LogP contribution in [0.3, 0.4) is 0 Å². The van der Waals surface area contributed by atoms with Crippen molar-refractivity contribution in [3.05, 3.63) is 42.7 Å². The Balaban J connectivity index is 1.43. The number of alkyl halides is 3. The molecular formula is C18H18F3N7. The maximum absolute atomic E-state index is 13.1. The summed E-state index contributed by atoms with van der Waals surface area (Å²) in [5.74, 6) is 0.951. The summed E-state index contributed by atoms with van der Waals surface area (Å²) in [5.41, 5.74) is -0.127. The molecule has 7 nitrogen and oxygen atoms in total. The Bertz CT molecular complexity index is 998. The molecule has 1 saturated carbocycles. The lowest BCUT2D eigenvalue weighted by molar-refractivity contribution is -0.141. The van der Waals surface area contributed by atoms with Gasteiger partial charge < -0.3 is 14.2 Å². The average Bonchev–Trinajstić information content (AvgIpc) is 3.18. The van der Waals surface area contributed by atoms with Crippen LogP contribution >= 0.6 is 0 Å². The normalized spacial score (nSPS) is 20.1. The van der Waals surface area contributed by atoms with Gasteiger partial charge in [0, 0.05) is 50.1 Å². The molecule has 10 heteroatoms. The van der Waals surface area contributed by atoms with Crippen LogP contribution in [0.1, 0.15) is 25.0 Å². The van der Waals surface area contributed by atoms with E-state index in [1.807, 2.05) is 21.7 Å². The van der Waals surface area contributed by atoms with Gasteiger partial charge in [-0.2, -0.15) is 13.2 Å². The van der Waals surface area contributed by atoms with Crippen LogP contribution in [-0.4, -0.2) is 49.5 Å². The molecule has 5 rings (SSSR count). The lowest BCUT2D eigenvalue weighted by atomic mass is 10.2. The summed E-state index contributed by atoms with van der Waals surface area (Å²) in [6.07, 6.45) is 6.57. The summed E-state index contributed by atoms with van der Waals surface area (Å²) in [4.78, 5) is 21.0. The molecule has 0 aromatic carbocycles. The zero-order valence-electron chi connectivity index (χ0n) is 14.9. The van der Waals surface area contributed by atoms with Gasteiger partial charge in [-0.25, -0.2) is 19.9 Å². The SMILES string of the molecule is FC(F)(F)c1ccnc(N(C2CC2)C2CCN(c3nccn4ccnc34)C2)n1. The van der Waals surface area contributed by atoms with Crippen LogP contribution in [0.2, 0.25) is 0 Å². The third-order valence-corrected chi connectivity index (χ3v) is 5.25. The van der Waals surface area contributed by atoms with Gasteiger partial charge in [0.2, 0.25) is 5.95 Å². The number of halogens is 3. The fourth-order valence-corrected chi connectivity index (χ4v) is 3.83. The van der Waals surface area contributed by atoms with Crippen molar-refractivity contribution in [3.63, 3.8) is 0 Å². The summed E-state index contributed by atoms with van der Waals surface area (Å²) in [5, 5.41) is 0. The molecule has 1 aliphatic heterocycles. The number of rotatable bonds is 4. The quantitative estimate of drug-likeness (QED) is 0.684. The first kappa shape index (κ1) is 17.2. The summed E-state index contributed by atoms with van der Waals surface area (Å²) < 4.78 is 41.2. The molecule has 0 N–H and O–H groups in total. The first-order valence-corrected chi connectivity index (χ1v) is 9.22. The van der Waals surface area contributed by atoms with E-state index in [-0.39, 0.29) is 18.0 Å². The van der Waals surface area contributed by atoms with E-state index in [2.05, 4.69) is 24.8 Å². The molecule has 2 fully saturated rings. The predicted octanol–water partition coefficient (Wildman–Crippen LogP) is 2.79. The van der Waals surface area contributed by atoms with Gasteiger partial charge >= 0.3 is 6.18 Å². The second kappa shape index (κ2) is 6.32. The van der Waals surface area contributed by atoms with Crippen LogP contribution in [0.15, 0.2) is 37.1 Å². The molecule has 0 spiro atoms. The van der Waals surface area contributed by atoms with Gasteiger partial charge in [0.05, 0.1) is 6.04 Å². The van der Waals surface area contributed by atoms with Gasteiger partial charge in [0.25, 0.3) is 0 Å². The monoisotopic (exact) mass is 389 g/mol. The summed E-state index contributed by atoms with van der Waals surface area (Å²) in [7, 11) is 0. The molecule has 146 valence electrons. The minimum Gasteiger partial charge on any atom is -0.351 e. The van der Waals surface area contributed by atoms with Crippen molar-refractivity contribution in [2.24, 2.45) is 0 Å².